The number of benzene rings is 1. The zero-order valence-electron chi connectivity index (χ0n) is 10.9. The number of allylic oxidation sites excluding steroid dienone is 1. The van der Waals surface area contributed by atoms with Crippen molar-refractivity contribution in [1.82, 2.24) is 20.6 Å². The molecular formula is C12H12FN7. The van der Waals surface area contributed by atoms with Crippen LogP contribution in [-0.4, -0.2) is 34.7 Å². The summed E-state index contributed by atoms with van der Waals surface area (Å²) >= 11 is 0. The fourth-order valence-electron chi connectivity index (χ4n) is 1.54. The molecule has 0 saturated heterocycles. The Morgan fingerprint density at radius 1 is 1.50 bits per heavy atom. The first kappa shape index (κ1) is 13.5. The van der Waals surface area contributed by atoms with Gasteiger partial charge in [0.15, 0.2) is 0 Å². The molecule has 2 aromatic rings. The molecule has 8 heteroatoms. The summed E-state index contributed by atoms with van der Waals surface area (Å²) in [6, 6.07) is 6.63. The Morgan fingerprint density at radius 3 is 2.85 bits per heavy atom. The number of nitrogens with one attached hydrogen (secondary N) is 2. The lowest BCUT2D eigenvalue weighted by Gasteiger charge is -2.14. The second kappa shape index (κ2) is 5.79. The minimum absolute atomic E-state index is 0.172. The van der Waals surface area contributed by atoms with Crippen LogP contribution in [0.1, 0.15) is 5.82 Å². The van der Waals surface area contributed by atoms with Crippen LogP contribution in [0, 0.1) is 17.1 Å². The number of hydrogen-bond acceptors (Lipinski definition) is 6. The normalized spacial score (nSPS) is 11.0. The van der Waals surface area contributed by atoms with Crippen molar-refractivity contribution >= 4 is 16.9 Å². The molecule has 0 aliphatic carbocycles. The predicted octanol–water partition coefficient (Wildman–Crippen LogP) is 1.38. The number of aromatic amines is 1. The van der Waals surface area contributed by atoms with Gasteiger partial charge in [-0.05, 0) is 23.4 Å². The van der Waals surface area contributed by atoms with Crippen molar-refractivity contribution in [3.05, 3.63) is 36.0 Å². The van der Waals surface area contributed by atoms with Gasteiger partial charge in [-0.25, -0.2) is 4.39 Å². The largest absolute Gasteiger partial charge is 0.375 e. The molecule has 1 heterocycles. The number of halogens is 1. The van der Waals surface area contributed by atoms with E-state index in [1.165, 1.54) is 12.3 Å². The third kappa shape index (κ3) is 2.89. The SMILES string of the molecule is CN(C)c1ccc(NC=C(C#N)c2nn[nH]n2)cc1F. The molecule has 0 bridgehead atoms. The molecule has 1 aromatic heterocycles. The number of nitriles is 1. The molecule has 7 nitrogen and oxygen atoms in total. The summed E-state index contributed by atoms with van der Waals surface area (Å²) in [6.07, 6.45) is 1.40. The van der Waals surface area contributed by atoms with E-state index in [1.54, 1.807) is 31.1 Å². The molecule has 102 valence electrons. The van der Waals surface area contributed by atoms with Crippen molar-refractivity contribution in [2.75, 3.05) is 24.3 Å². The maximum atomic E-state index is 13.8. The number of hydrogen-bond donors (Lipinski definition) is 2. The van der Waals surface area contributed by atoms with E-state index in [0.29, 0.717) is 11.4 Å². The Hall–Kier alpha value is -2.95. The number of nitrogens with zero attached hydrogens (tertiary/aromatic N) is 5. The lowest BCUT2D eigenvalue weighted by Crippen LogP contribution is -2.10. The van der Waals surface area contributed by atoms with Crippen LogP contribution in [0.15, 0.2) is 24.4 Å². The first-order valence-corrected chi connectivity index (χ1v) is 5.69. The van der Waals surface area contributed by atoms with E-state index in [1.807, 2.05) is 6.07 Å². The molecule has 2 N–H and O–H groups in total. The Morgan fingerprint density at radius 2 is 2.30 bits per heavy atom. The monoisotopic (exact) mass is 273 g/mol. The molecule has 1 aromatic carbocycles. The summed E-state index contributed by atoms with van der Waals surface area (Å²) in [7, 11) is 3.52. The smallest absolute Gasteiger partial charge is 0.216 e. The minimum atomic E-state index is -0.355. The van der Waals surface area contributed by atoms with Gasteiger partial charge < -0.3 is 10.2 Å². The maximum absolute atomic E-state index is 13.8. The van der Waals surface area contributed by atoms with Gasteiger partial charge >= 0.3 is 0 Å². The van der Waals surface area contributed by atoms with Gasteiger partial charge in [-0.3, -0.25) is 0 Å². The van der Waals surface area contributed by atoms with Crippen molar-refractivity contribution in [3.8, 4) is 6.07 Å². The molecule has 0 atom stereocenters. The first-order valence-electron chi connectivity index (χ1n) is 5.69. The van der Waals surface area contributed by atoms with Crippen LogP contribution < -0.4 is 10.2 Å². The zero-order valence-corrected chi connectivity index (χ0v) is 10.9. The predicted molar refractivity (Wildman–Crippen MR) is 72.1 cm³/mol. The second-order valence-corrected chi connectivity index (χ2v) is 4.11. The van der Waals surface area contributed by atoms with Crippen LogP contribution in [0.4, 0.5) is 15.8 Å². The highest BCUT2D eigenvalue weighted by Gasteiger charge is 2.07. The molecular weight excluding hydrogens is 261 g/mol. The molecule has 0 saturated carbocycles. The van der Waals surface area contributed by atoms with Crippen LogP contribution >= 0.6 is 0 Å². The van der Waals surface area contributed by atoms with Crippen molar-refractivity contribution in [2.24, 2.45) is 0 Å². The molecule has 0 spiro atoms. The third-order valence-corrected chi connectivity index (χ3v) is 2.52. The van der Waals surface area contributed by atoms with Crippen molar-refractivity contribution in [1.29, 1.82) is 5.26 Å². The summed E-state index contributed by atoms with van der Waals surface area (Å²) in [5, 5.41) is 24.8. The topological polar surface area (TPSA) is 93.5 Å². The highest BCUT2D eigenvalue weighted by atomic mass is 19.1. The summed E-state index contributed by atoms with van der Waals surface area (Å²) in [6.45, 7) is 0. The fourth-order valence-corrected chi connectivity index (χ4v) is 1.54. The lowest BCUT2D eigenvalue weighted by molar-refractivity contribution is 0.627. The average molecular weight is 273 g/mol. The van der Waals surface area contributed by atoms with Crippen molar-refractivity contribution < 1.29 is 4.39 Å². The molecule has 0 unspecified atom stereocenters. The van der Waals surface area contributed by atoms with Gasteiger partial charge in [0, 0.05) is 26.0 Å². The van der Waals surface area contributed by atoms with Crippen LogP contribution in [0.25, 0.3) is 5.57 Å². The highest BCUT2D eigenvalue weighted by molar-refractivity contribution is 5.74. The van der Waals surface area contributed by atoms with Gasteiger partial charge in [0.2, 0.25) is 5.82 Å². The van der Waals surface area contributed by atoms with E-state index in [-0.39, 0.29) is 17.2 Å². The second-order valence-electron chi connectivity index (χ2n) is 4.11. The van der Waals surface area contributed by atoms with Gasteiger partial charge in [-0.2, -0.15) is 10.5 Å². The molecule has 20 heavy (non-hydrogen) atoms. The summed E-state index contributed by atoms with van der Waals surface area (Å²) in [5.74, 6) is -0.183. The van der Waals surface area contributed by atoms with Crippen molar-refractivity contribution in [2.45, 2.75) is 0 Å². The van der Waals surface area contributed by atoms with E-state index >= 15 is 0 Å². The third-order valence-electron chi connectivity index (χ3n) is 2.52. The van der Waals surface area contributed by atoms with E-state index in [2.05, 4.69) is 25.9 Å². The number of H-pyrrole nitrogens is 1. The fraction of sp³-hybridized carbons (Fsp3) is 0.167. The number of tetrazole rings is 1. The molecule has 2 rings (SSSR count). The van der Waals surface area contributed by atoms with E-state index < -0.39 is 0 Å². The first-order chi connectivity index (χ1) is 9.61. The van der Waals surface area contributed by atoms with Gasteiger partial charge in [-0.15, -0.1) is 10.2 Å². The van der Waals surface area contributed by atoms with E-state index in [4.69, 9.17) is 5.26 Å². The summed E-state index contributed by atoms with van der Waals surface area (Å²) in [4.78, 5) is 1.68. The Bertz CT molecular complexity index is 655. The maximum Gasteiger partial charge on any atom is 0.216 e. The van der Waals surface area contributed by atoms with Gasteiger partial charge in [-0.1, -0.05) is 0 Å². The van der Waals surface area contributed by atoms with Gasteiger partial charge in [0.05, 0.1) is 5.69 Å². The summed E-state index contributed by atoms with van der Waals surface area (Å²) < 4.78 is 13.8. The highest BCUT2D eigenvalue weighted by Crippen LogP contribution is 2.21. The average Bonchev–Trinajstić information content (AvgIpc) is 2.93. The Labute approximate surface area is 114 Å². The Kier molecular flexibility index (Phi) is 3.91. The van der Waals surface area contributed by atoms with E-state index in [9.17, 15) is 4.39 Å². The van der Waals surface area contributed by atoms with Gasteiger partial charge in [0.25, 0.3) is 0 Å². The molecule has 0 fully saturated rings. The van der Waals surface area contributed by atoms with Crippen LogP contribution in [0.3, 0.4) is 0 Å². The molecule has 0 radical (unpaired) electrons. The quantitative estimate of drug-likeness (QED) is 0.817. The lowest BCUT2D eigenvalue weighted by atomic mass is 10.2. The van der Waals surface area contributed by atoms with Crippen LogP contribution in [0.2, 0.25) is 0 Å². The van der Waals surface area contributed by atoms with Crippen molar-refractivity contribution in [3.63, 3.8) is 0 Å². The standard InChI is InChI=1S/C12H12FN7/c1-20(2)11-4-3-9(5-10(11)13)15-7-8(6-14)12-16-18-19-17-12/h3-5,7,15H,1-2H3,(H,16,17,18,19). The summed E-state index contributed by atoms with van der Waals surface area (Å²) in [5.41, 5.74) is 1.19. The molecule has 0 aliphatic rings. The number of aromatic nitrogens is 4. The Balaban J connectivity index is 2.19. The number of rotatable bonds is 4. The zero-order chi connectivity index (χ0) is 14.5. The molecule has 0 aliphatic heterocycles. The van der Waals surface area contributed by atoms with Crippen LogP contribution in [-0.2, 0) is 0 Å². The van der Waals surface area contributed by atoms with Crippen LogP contribution in [0.5, 0.6) is 0 Å². The number of anilines is 2. The minimum Gasteiger partial charge on any atom is -0.375 e. The molecule has 0 amide bonds. The van der Waals surface area contributed by atoms with E-state index in [0.717, 1.165) is 0 Å². The van der Waals surface area contributed by atoms with Gasteiger partial charge in [0.1, 0.15) is 17.5 Å².